The molecule has 0 spiro atoms. The van der Waals surface area contributed by atoms with Crippen molar-refractivity contribution in [2.45, 2.75) is 25.7 Å². The fraction of sp³-hybridized carbons (Fsp3) is 0.632. The molecule has 2 heterocycles. The Kier molecular flexibility index (Phi) is 5.68. The van der Waals surface area contributed by atoms with E-state index in [2.05, 4.69) is 4.90 Å². The number of benzene rings is 1. The van der Waals surface area contributed by atoms with Gasteiger partial charge in [0.15, 0.2) is 0 Å². The highest BCUT2D eigenvalue weighted by atomic mass is 16.3. The number of carbonyl (C=O) groups excluding carboxylic acids is 1. The van der Waals surface area contributed by atoms with Crippen LogP contribution >= 0.6 is 0 Å². The van der Waals surface area contributed by atoms with E-state index in [4.69, 9.17) is 0 Å². The Morgan fingerprint density at radius 3 is 2.48 bits per heavy atom. The van der Waals surface area contributed by atoms with Crippen LogP contribution < -0.4 is 0 Å². The summed E-state index contributed by atoms with van der Waals surface area (Å²) >= 11 is 0. The molecule has 0 aliphatic carbocycles. The molecule has 2 aliphatic rings. The summed E-state index contributed by atoms with van der Waals surface area (Å²) in [6.45, 7) is 5.20. The molecule has 1 aromatic rings. The normalized spacial score (nSPS) is 25.7. The second-order valence-corrected chi connectivity index (χ2v) is 7.12. The summed E-state index contributed by atoms with van der Waals surface area (Å²) in [5.41, 5.74) is 1.07. The topological polar surface area (TPSA) is 43.8 Å². The predicted molar refractivity (Wildman–Crippen MR) is 91.1 cm³/mol. The van der Waals surface area contributed by atoms with Crippen LogP contribution in [0.2, 0.25) is 0 Å². The average molecular weight is 316 g/mol. The van der Waals surface area contributed by atoms with Crippen molar-refractivity contribution in [3.05, 3.63) is 35.9 Å². The molecule has 126 valence electrons. The van der Waals surface area contributed by atoms with Gasteiger partial charge in [0.2, 0.25) is 5.91 Å². The average Bonchev–Trinajstić information content (AvgIpc) is 3.08. The Hall–Kier alpha value is -1.39. The molecule has 0 radical (unpaired) electrons. The lowest BCUT2D eigenvalue weighted by atomic mass is 9.89. The van der Waals surface area contributed by atoms with Gasteiger partial charge in [0.1, 0.15) is 0 Å². The Labute approximate surface area is 139 Å². The van der Waals surface area contributed by atoms with Crippen LogP contribution in [-0.4, -0.2) is 60.1 Å². The number of hydrogen-bond donors (Lipinski definition) is 1. The summed E-state index contributed by atoms with van der Waals surface area (Å²) in [5.74, 6) is 0.926. The number of nitrogens with zero attached hydrogens (tertiary/aromatic N) is 2. The van der Waals surface area contributed by atoms with Gasteiger partial charge in [0.25, 0.3) is 0 Å². The molecule has 1 amide bonds. The lowest BCUT2D eigenvalue weighted by Crippen LogP contribution is -2.48. The molecule has 2 atom stereocenters. The van der Waals surface area contributed by atoms with E-state index >= 15 is 0 Å². The molecule has 2 fully saturated rings. The molecule has 0 bridgehead atoms. The number of aliphatic hydroxyl groups is 1. The van der Waals surface area contributed by atoms with Crippen LogP contribution in [0.15, 0.2) is 30.3 Å². The minimum atomic E-state index is 0.186. The monoisotopic (exact) mass is 316 g/mol. The maximum atomic E-state index is 12.6. The number of likely N-dealkylation sites (tertiary alicyclic amines) is 2. The van der Waals surface area contributed by atoms with Gasteiger partial charge in [-0.2, -0.15) is 0 Å². The largest absolute Gasteiger partial charge is 0.396 e. The molecular formula is C19H28N2O2. The maximum Gasteiger partial charge on any atom is 0.227 e. The van der Waals surface area contributed by atoms with Crippen LogP contribution in [-0.2, 0) is 11.2 Å². The molecule has 23 heavy (non-hydrogen) atoms. The van der Waals surface area contributed by atoms with E-state index in [-0.39, 0.29) is 18.4 Å². The highest BCUT2D eigenvalue weighted by molar-refractivity contribution is 5.78. The standard InChI is InChI=1S/C19H28N2O2/c22-15-18-10-17(12-20-8-4-5-9-20)13-21(14-18)19(23)11-16-6-2-1-3-7-16/h1-3,6-7,17-18,22H,4-5,8-15H2/t17-,18-/m1/s1. The third-order valence-electron chi connectivity index (χ3n) is 5.15. The van der Waals surface area contributed by atoms with Gasteiger partial charge in [-0.15, -0.1) is 0 Å². The lowest BCUT2D eigenvalue weighted by Gasteiger charge is -2.38. The Morgan fingerprint density at radius 1 is 1.09 bits per heavy atom. The van der Waals surface area contributed by atoms with Crippen LogP contribution in [0.3, 0.4) is 0 Å². The highest BCUT2D eigenvalue weighted by Crippen LogP contribution is 2.24. The van der Waals surface area contributed by atoms with Crippen molar-refractivity contribution in [2.24, 2.45) is 11.8 Å². The third-order valence-corrected chi connectivity index (χ3v) is 5.15. The summed E-state index contributed by atoms with van der Waals surface area (Å²) in [4.78, 5) is 17.1. The van der Waals surface area contributed by atoms with Crippen molar-refractivity contribution in [2.75, 3.05) is 39.3 Å². The van der Waals surface area contributed by atoms with Gasteiger partial charge in [-0.1, -0.05) is 30.3 Å². The van der Waals surface area contributed by atoms with Gasteiger partial charge in [-0.05, 0) is 49.8 Å². The minimum absolute atomic E-state index is 0.186. The fourth-order valence-electron chi connectivity index (χ4n) is 4.00. The van der Waals surface area contributed by atoms with Crippen molar-refractivity contribution in [3.8, 4) is 0 Å². The highest BCUT2D eigenvalue weighted by Gasteiger charge is 2.31. The molecule has 0 unspecified atom stereocenters. The summed E-state index contributed by atoms with van der Waals surface area (Å²) in [6, 6.07) is 9.94. The van der Waals surface area contributed by atoms with Crippen LogP contribution in [0.4, 0.5) is 0 Å². The summed E-state index contributed by atoms with van der Waals surface area (Å²) in [5, 5.41) is 9.61. The SMILES string of the molecule is O=C(Cc1ccccc1)N1C[C@H](CO)C[C@H](CN2CCCC2)C1. The van der Waals surface area contributed by atoms with Gasteiger partial charge in [-0.3, -0.25) is 4.79 Å². The molecular weight excluding hydrogens is 288 g/mol. The first-order valence-corrected chi connectivity index (χ1v) is 8.89. The van der Waals surface area contributed by atoms with Crippen LogP contribution in [0.1, 0.15) is 24.8 Å². The van der Waals surface area contributed by atoms with Crippen molar-refractivity contribution >= 4 is 5.91 Å². The second-order valence-electron chi connectivity index (χ2n) is 7.12. The molecule has 2 saturated heterocycles. The number of carbonyl (C=O) groups is 1. The number of amides is 1. The summed E-state index contributed by atoms with van der Waals surface area (Å²) in [6.07, 6.45) is 4.11. The summed E-state index contributed by atoms with van der Waals surface area (Å²) in [7, 11) is 0. The molecule has 1 N–H and O–H groups in total. The maximum absolute atomic E-state index is 12.6. The van der Waals surface area contributed by atoms with Gasteiger partial charge in [0.05, 0.1) is 6.42 Å². The first-order chi connectivity index (χ1) is 11.2. The fourth-order valence-corrected chi connectivity index (χ4v) is 4.00. The van der Waals surface area contributed by atoms with Crippen LogP contribution in [0.5, 0.6) is 0 Å². The van der Waals surface area contributed by atoms with Gasteiger partial charge >= 0.3 is 0 Å². The Morgan fingerprint density at radius 2 is 1.78 bits per heavy atom. The van der Waals surface area contributed by atoms with Crippen molar-refractivity contribution < 1.29 is 9.90 Å². The van der Waals surface area contributed by atoms with Gasteiger partial charge < -0.3 is 14.9 Å². The zero-order valence-corrected chi connectivity index (χ0v) is 13.9. The number of rotatable bonds is 5. The predicted octanol–water partition coefficient (Wildman–Crippen LogP) is 1.78. The minimum Gasteiger partial charge on any atom is -0.396 e. The molecule has 0 saturated carbocycles. The number of piperidine rings is 1. The van der Waals surface area contributed by atoms with E-state index in [0.29, 0.717) is 18.9 Å². The number of hydrogen-bond acceptors (Lipinski definition) is 3. The molecule has 0 aromatic heterocycles. The molecule has 4 heteroatoms. The van der Waals surface area contributed by atoms with Crippen LogP contribution in [0.25, 0.3) is 0 Å². The smallest absolute Gasteiger partial charge is 0.227 e. The molecule has 3 rings (SSSR count). The Bertz CT molecular complexity index is 499. The first-order valence-electron chi connectivity index (χ1n) is 8.89. The lowest BCUT2D eigenvalue weighted by molar-refractivity contribution is -0.134. The van der Waals surface area contributed by atoms with E-state index in [1.54, 1.807) is 0 Å². The number of aliphatic hydroxyl groups excluding tert-OH is 1. The van der Waals surface area contributed by atoms with Crippen molar-refractivity contribution in [3.63, 3.8) is 0 Å². The van der Waals surface area contributed by atoms with Gasteiger partial charge in [-0.25, -0.2) is 0 Å². The van der Waals surface area contributed by atoms with Crippen molar-refractivity contribution in [1.29, 1.82) is 0 Å². The zero-order valence-electron chi connectivity index (χ0n) is 13.9. The summed E-state index contributed by atoms with van der Waals surface area (Å²) < 4.78 is 0. The van der Waals surface area contributed by atoms with E-state index < -0.39 is 0 Å². The van der Waals surface area contributed by atoms with E-state index in [0.717, 1.165) is 25.1 Å². The van der Waals surface area contributed by atoms with E-state index in [1.807, 2.05) is 35.2 Å². The van der Waals surface area contributed by atoms with E-state index in [1.165, 1.54) is 25.9 Å². The first kappa shape index (κ1) is 16.5. The quantitative estimate of drug-likeness (QED) is 0.900. The molecule has 2 aliphatic heterocycles. The molecule has 4 nitrogen and oxygen atoms in total. The zero-order chi connectivity index (χ0) is 16.1. The Balaban J connectivity index is 1.59. The van der Waals surface area contributed by atoms with Gasteiger partial charge in [0, 0.05) is 26.2 Å². The van der Waals surface area contributed by atoms with E-state index in [9.17, 15) is 9.90 Å². The van der Waals surface area contributed by atoms with Crippen molar-refractivity contribution in [1.82, 2.24) is 9.80 Å². The van der Waals surface area contributed by atoms with Crippen LogP contribution in [0, 0.1) is 11.8 Å². The third kappa shape index (κ3) is 4.55. The second kappa shape index (κ2) is 7.93. The molecule has 1 aromatic carbocycles.